The number of nitro groups is 1. The van der Waals surface area contributed by atoms with Crippen LogP contribution in [0.4, 0.5) is 29.2 Å². The summed E-state index contributed by atoms with van der Waals surface area (Å²) < 4.78 is 0.772. The van der Waals surface area contributed by atoms with E-state index in [1.54, 1.807) is 18.3 Å². The Kier molecular flexibility index (Phi) is 7.95. The monoisotopic (exact) mass is 537 g/mol. The van der Waals surface area contributed by atoms with E-state index < -0.39 is 4.92 Å². The summed E-state index contributed by atoms with van der Waals surface area (Å²) in [5.74, 6) is 1.10. The number of rotatable bonds is 8. The Morgan fingerprint density at radius 2 is 1.71 bits per heavy atom. The first kappa shape index (κ1) is 24.2. The molecule has 0 saturated carbocycles. The van der Waals surface area contributed by atoms with Crippen molar-refractivity contribution in [1.82, 2.24) is 19.9 Å². The predicted molar refractivity (Wildman–Crippen MR) is 141 cm³/mol. The summed E-state index contributed by atoms with van der Waals surface area (Å²) in [5.41, 5.74) is 4.54. The first-order valence-corrected chi connectivity index (χ1v) is 11.7. The van der Waals surface area contributed by atoms with E-state index in [1.807, 2.05) is 36.4 Å². The fourth-order valence-corrected chi connectivity index (χ4v) is 3.68. The van der Waals surface area contributed by atoms with Gasteiger partial charge in [0, 0.05) is 48.5 Å². The van der Waals surface area contributed by atoms with E-state index in [4.69, 9.17) is 0 Å². The highest BCUT2D eigenvalue weighted by Gasteiger charge is 2.19. The number of benzene rings is 2. The molecule has 0 unspecified atom stereocenters. The van der Waals surface area contributed by atoms with Crippen LogP contribution >= 0.6 is 15.9 Å². The zero-order valence-electron chi connectivity index (χ0n) is 19.0. The fraction of sp³-hybridized carbons (Fsp3) is 0.217. The first-order valence-electron chi connectivity index (χ1n) is 10.9. The molecule has 0 aliphatic carbocycles. The number of likely N-dealkylation sites (N-methyl/N-ethyl adjacent to an activating group) is 1. The highest BCUT2D eigenvalue weighted by Crippen LogP contribution is 2.21. The van der Waals surface area contributed by atoms with Crippen molar-refractivity contribution in [2.24, 2.45) is 5.10 Å². The summed E-state index contributed by atoms with van der Waals surface area (Å²) in [6.45, 7) is 3.36. The molecule has 35 heavy (non-hydrogen) atoms. The third kappa shape index (κ3) is 7.04. The minimum atomic E-state index is -0.442. The van der Waals surface area contributed by atoms with Crippen molar-refractivity contribution in [2.45, 2.75) is 0 Å². The molecule has 180 valence electrons. The number of nitro benzene ring substituents is 1. The highest BCUT2D eigenvalue weighted by molar-refractivity contribution is 9.12. The maximum Gasteiger partial charge on any atom is 0.269 e. The van der Waals surface area contributed by atoms with E-state index in [0.29, 0.717) is 17.6 Å². The van der Waals surface area contributed by atoms with Gasteiger partial charge < -0.3 is 15.1 Å². The van der Waals surface area contributed by atoms with Gasteiger partial charge in [0.25, 0.3) is 5.69 Å². The molecule has 4 rings (SSSR count). The van der Waals surface area contributed by atoms with Crippen molar-refractivity contribution in [1.29, 1.82) is 0 Å². The molecule has 0 amide bonds. The summed E-state index contributed by atoms with van der Waals surface area (Å²) in [5, 5.41) is 18.3. The summed E-state index contributed by atoms with van der Waals surface area (Å²) >= 11 is 3.49. The number of hydrogen-bond donors (Lipinski definition) is 2. The third-order valence-electron chi connectivity index (χ3n) is 5.20. The van der Waals surface area contributed by atoms with Crippen molar-refractivity contribution in [2.75, 3.05) is 48.9 Å². The molecular formula is C23H24BrN9O2. The van der Waals surface area contributed by atoms with Gasteiger partial charge in [0.05, 0.1) is 11.1 Å². The standard InChI is InChI=1S/C23H24BrN9O2/c1-31-11-13-32(14-12-31)23-28-21(26-19-7-9-20(10-8-19)33(34)35)27-22(29-23)30-25-16-18(24)15-17-5-3-2-4-6-17/h2-10,15-16H,11-14H2,1H3,(H2,26,27,28,29,30)/b18-15-,25-16-. The molecule has 1 saturated heterocycles. The number of non-ortho nitro benzene ring substituents is 1. The molecule has 0 atom stereocenters. The molecule has 11 nitrogen and oxygen atoms in total. The second-order valence-corrected chi connectivity index (χ2v) is 8.73. The predicted octanol–water partition coefficient (Wildman–Crippen LogP) is 4.11. The van der Waals surface area contributed by atoms with Gasteiger partial charge in [-0.2, -0.15) is 20.1 Å². The number of piperazine rings is 1. The Bertz CT molecular complexity index is 1210. The Morgan fingerprint density at radius 3 is 2.40 bits per heavy atom. The fourth-order valence-electron chi connectivity index (χ4n) is 3.31. The number of aromatic nitrogens is 3. The van der Waals surface area contributed by atoms with E-state index in [9.17, 15) is 10.1 Å². The molecule has 1 aliphatic heterocycles. The van der Waals surface area contributed by atoms with Crippen molar-refractivity contribution >= 4 is 57.4 Å². The molecule has 1 aromatic heterocycles. The van der Waals surface area contributed by atoms with Gasteiger partial charge in [0.15, 0.2) is 0 Å². The van der Waals surface area contributed by atoms with E-state index >= 15 is 0 Å². The normalized spacial score (nSPS) is 14.8. The van der Waals surface area contributed by atoms with E-state index in [1.165, 1.54) is 12.1 Å². The second kappa shape index (κ2) is 11.5. The zero-order chi connectivity index (χ0) is 24.6. The zero-order valence-corrected chi connectivity index (χ0v) is 20.6. The van der Waals surface area contributed by atoms with E-state index in [2.05, 4.69) is 63.6 Å². The Labute approximate surface area is 210 Å². The van der Waals surface area contributed by atoms with Gasteiger partial charge in [-0.05, 0) is 46.7 Å². The molecule has 1 aliphatic rings. The number of allylic oxidation sites excluding steroid dienone is 1. The van der Waals surface area contributed by atoms with Gasteiger partial charge in [-0.25, -0.2) is 5.43 Å². The molecule has 0 radical (unpaired) electrons. The van der Waals surface area contributed by atoms with E-state index in [0.717, 1.165) is 36.2 Å². The maximum absolute atomic E-state index is 10.9. The van der Waals surface area contributed by atoms with Crippen molar-refractivity contribution in [3.63, 3.8) is 0 Å². The lowest BCUT2D eigenvalue weighted by molar-refractivity contribution is -0.384. The molecule has 12 heteroatoms. The molecule has 2 heterocycles. The van der Waals surface area contributed by atoms with Crippen LogP contribution < -0.4 is 15.6 Å². The van der Waals surface area contributed by atoms with Gasteiger partial charge in [-0.15, -0.1) is 0 Å². The van der Waals surface area contributed by atoms with Crippen LogP contribution in [0.1, 0.15) is 5.56 Å². The minimum Gasteiger partial charge on any atom is -0.338 e. The third-order valence-corrected chi connectivity index (χ3v) is 5.63. The van der Waals surface area contributed by atoms with Gasteiger partial charge in [0.1, 0.15) is 0 Å². The molecule has 1 fully saturated rings. The average Bonchev–Trinajstić information content (AvgIpc) is 2.85. The molecule has 0 spiro atoms. The van der Waals surface area contributed by atoms with Crippen LogP contribution in [0, 0.1) is 10.1 Å². The number of halogens is 1. The van der Waals surface area contributed by atoms with Crippen LogP contribution in [0.5, 0.6) is 0 Å². The molecule has 3 aromatic rings. The summed E-state index contributed by atoms with van der Waals surface area (Å²) in [6.07, 6.45) is 3.56. The second-order valence-electron chi connectivity index (χ2n) is 7.81. The Hall–Kier alpha value is -3.90. The van der Waals surface area contributed by atoms with Crippen molar-refractivity contribution in [3.05, 3.63) is 74.8 Å². The van der Waals surface area contributed by atoms with Crippen molar-refractivity contribution < 1.29 is 4.92 Å². The average molecular weight is 538 g/mol. The van der Waals surface area contributed by atoms with Crippen LogP contribution in [0.3, 0.4) is 0 Å². The quantitative estimate of drug-likeness (QED) is 0.248. The number of anilines is 4. The number of hydrogen-bond acceptors (Lipinski definition) is 10. The summed E-state index contributed by atoms with van der Waals surface area (Å²) in [4.78, 5) is 28.3. The maximum atomic E-state index is 10.9. The lowest BCUT2D eigenvalue weighted by Crippen LogP contribution is -2.45. The SMILES string of the molecule is CN1CCN(c2nc(N/N=C\C(Br)=C\c3ccccc3)nc(Nc3ccc([N+](=O)[O-])cc3)n2)CC1. The number of nitrogens with one attached hydrogen (secondary N) is 2. The smallest absolute Gasteiger partial charge is 0.269 e. The number of nitrogens with zero attached hydrogens (tertiary/aromatic N) is 7. The van der Waals surface area contributed by atoms with Gasteiger partial charge >= 0.3 is 0 Å². The summed E-state index contributed by atoms with van der Waals surface area (Å²) in [7, 11) is 2.08. The Balaban J connectivity index is 1.53. The molecule has 2 aromatic carbocycles. The highest BCUT2D eigenvalue weighted by atomic mass is 79.9. The largest absolute Gasteiger partial charge is 0.338 e. The van der Waals surface area contributed by atoms with Crippen LogP contribution in [0.25, 0.3) is 6.08 Å². The van der Waals surface area contributed by atoms with Crippen LogP contribution in [-0.4, -0.2) is 64.2 Å². The van der Waals surface area contributed by atoms with Crippen molar-refractivity contribution in [3.8, 4) is 0 Å². The van der Waals surface area contributed by atoms with Gasteiger partial charge in [-0.3, -0.25) is 10.1 Å². The molecular weight excluding hydrogens is 514 g/mol. The van der Waals surface area contributed by atoms with Crippen LogP contribution in [0.15, 0.2) is 64.2 Å². The molecule has 2 N–H and O–H groups in total. The van der Waals surface area contributed by atoms with Crippen LogP contribution in [-0.2, 0) is 0 Å². The topological polar surface area (TPSA) is 125 Å². The lowest BCUT2D eigenvalue weighted by atomic mass is 10.2. The van der Waals surface area contributed by atoms with Gasteiger partial charge in [0.2, 0.25) is 17.8 Å². The minimum absolute atomic E-state index is 0.00940. The lowest BCUT2D eigenvalue weighted by Gasteiger charge is -2.32. The van der Waals surface area contributed by atoms with Gasteiger partial charge in [-0.1, -0.05) is 30.3 Å². The number of hydrazone groups is 1. The summed E-state index contributed by atoms with van der Waals surface area (Å²) in [6, 6.07) is 15.9. The molecule has 0 bridgehead atoms. The first-order chi connectivity index (χ1) is 17.0. The Morgan fingerprint density at radius 1 is 1.03 bits per heavy atom. The van der Waals surface area contributed by atoms with Crippen LogP contribution in [0.2, 0.25) is 0 Å². The van der Waals surface area contributed by atoms with E-state index in [-0.39, 0.29) is 11.6 Å².